The average molecular weight is 249 g/mol. The predicted octanol–water partition coefficient (Wildman–Crippen LogP) is 3.44. The van der Waals surface area contributed by atoms with Crippen LogP contribution in [0.15, 0.2) is 24.3 Å². The van der Waals surface area contributed by atoms with Gasteiger partial charge in [0, 0.05) is 0 Å². The van der Waals surface area contributed by atoms with Gasteiger partial charge in [-0.1, -0.05) is 18.2 Å². The molecule has 94 valence electrons. The molecular formula is C16H15N3. The van der Waals surface area contributed by atoms with Crippen LogP contribution in [-0.4, -0.2) is 9.97 Å². The summed E-state index contributed by atoms with van der Waals surface area (Å²) in [6, 6.07) is 9.60. The summed E-state index contributed by atoms with van der Waals surface area (Å²) in [5.41, 5.74) is 5.32. The summed E-state index contributed by atoms with van der Waals surface area (Å²) in [4.78, 5) is 8.97. The van der Waals surface area contributed by atoms with Crippen molar-refractivity contribution in [1.29, 1.82) is 5.26 Å². The molecule has 1 heterocycles. The smallest absolute Gasteiger partial charge is 0.0991 e. The van der Waals surface area contributed by atoms with Gasteiger partial charge in [0.05, 0.1) is 34.4 Å². The zero-order valence-electron chi connectivity index (χ0n) is 11.3. The van der Waals surface area contributed by atoms with Crippen LogP contribution in [0.4, 0.5) is 0 Å². The minimum atomic E-state index is 0.657. The third-order valence-electron chi connectivity index (χ3n) is 2.97. The number of hydrogen-bond donors (Lipinski definition) is 0. The third-order valence-corrected chi connectivity index (χ3v) is 2.97. The number of aromatic nitrogens is 2. The Labute approximate surface area is 113 Å². The van der Waals surface area contributed by atoms with E-state index < -0.39 is 0 Å². The first-order valence-electron chi connectivity index (χ1n) is 6.10. The van der Waals surface area contributed by atoms with Crippen LogP contribution in [0.3, 0.4) is 0 Å². The van der Waals surface area contributed by atoms with E-state index in [-0.39, 0.29) is 0 Å². The molecule has 0 saturated heterocycles. The highest BCUT2D eigenvalue weighted by Crippen LogP contribution is 2.12. The number of benzene rings is 1. The van der Waals surface area contributed by atoms with Crippen molar-refractivity contribution >= 4 is 12.2 Å². The van der Waals surface area contributed by atoms with Crippen LogP contribution >= 0.6 is 0 Å². The van der Waals surface area contributed by atoms with Crippen LogP contribution in [0.25, 0.3) is 12.2 Å². The number of rotatable bonds is 2. The topological polar surface area (TPSA) is 49.6 Å². The SMILES string of the molecule is Cc1nc(C)c(C=Cc2cccc(C#N)c2)nc1C. The molecule has 3 nitrogen and oxygen atoms in total. The molecule has 1 aromatic carbocycles. The summed E-state index contributed by atoms with van der Waals surface area (Å²) in [5, 5.41) is 8.86. The summed E-state index contributed by atoms with van der Waals surface area (Å²) in [5.74, 6) is 0. The lowest BCUT2D eigenvalue weighted by Crippen LogP contribution is -1.98. The normalized spacial score (nSPS) is 10.6. The Morgan fingerprint density at radius 1 is 1.00 bits per heavy atom. The molecule has 3 heteroatoms. The van der Waals surface area contributed by atoms with E-state index in [1.54, 1.807) is 6.07 Å². The Kier molecular flexibility index (Phi) is 3.72. The Hall–Kier alpha value is -2.47. The first-order chi connectivity index (χ1) is 9.10. The summed E-state index contributed by atoms with van der Waals surface area (Å²) in [6.07, 6.45) is 3.89. The first kappa shape index (κ1) is 13.0. The molecule has 2 aromatic rings. The van der Waals surface area contributed by atoms with Crippen LogP contribution in [0.5, 0.6) is 0 Å². The summed E-state index contributed by atoms with van der Waals surface area (Å²) < 4.78 is 0. The van der Waals surface area contributed by atoms with E-state index in [1.165, 1.54) is 0 Å². The van der Waals surface area contributed by atoms with E-state index in [0.717, 1.165) is 28.3 Å². The van der Waals surface area contributed by atoms with Crippen molar-refractivity contribution in [2.45, 2.75) is 20.8 Å². The second-order valence-electron chi connectivity index (χ2n) is 4.44. The van der Waals surface area contributed by atoms with Crippen LogP contribution in [0.1, 0.15) is 33.9 Å². The van der Waals surface area contributed by atoms with E-state index in [1.807, 2.05) is 51.1 Å². The van der Waals surface area contributed by atoms with Gasteiger partial charge in [-0.2, -0.15) is 5.26 Å². The van der Waals surface area contributed by atoms with Crippen LogP contribution < -0.4 is 0 Å². The number of hydrogen-bond acceptors (Lipinski definition) is 3. The largest absolute Gasteiger partial charge is 0.254 e. The lowest BCUT2D eigenvalue weighted by molar-refractivity contribution is 0.991. The molecule has 0 unspecified atom stereocenters. The Morgan fingerprint density at radius 3 is 2.47 bits per heavy atom. The maximum Gasteiger partial charge on any atom is 0.0991 e. The van der Waals surface area contributed by atoms with Gasteiger partial charge in [0.2, 0.25) is 0 Å². The van der Waals surface area contributed by atoms with E-state index in [9.17, 15) is 0 Å². The highest BCUT2D eigenvalue weighted by Gasteiger charge is 2.02. The molecule has 2 rings (SSSR count). The van der Waals surface area contributed by atoms with Crippen molar-refractivity contribution in [2.24, 2.45) is 0 Å². The second kappa shape index (κ2) is 5.45. The van der Waals surface area contributed by atoms with Gasteiger partial charge in [-0.3, -0.25) is 4.98 Å². The highest BCUT2D eigenvalue weighted by molar-refractivity contribution is 5.69. The van der Waals surface area contributed by atoms with Gasteiger partial charge < -0.3 is 0 Å². The van der Waals surface area contributed by atoms with Crippen molar-refractivity contribution in [2.75, 3.05) is 0 Å². The number of nitrogens with zero attached hydrogens (tertiary/aromatic N) is 3. The molecule has 0 atom stereocenters. The van der Waals surface area contributed by atoms with E-state index in [2.05, 4.69) is 16.0 Å². The molecule has 0 saturated carbocycles. The number of aryl methyl sites for hydroxylation is 3. The van der Waals surface area contributed by atoms with Gasteiger partial charge in [-0.05, 0) is 44.5 Å². The van der Waals surface area contributed by atoms with Crippen molar-refractivity contribution in [1.82, 2.24) is 9.97 Å². The highest BCUT2D eigenvalue weighted by atomic mass is 14.8. The fraction of sp³-hybridized carbons (Fsp3) is 0.188. The molecular weight excluding hydrogens is 234 g/mol. The van der Waals surface area contributed by atoms with Crippen molar-refractivity contribution < 1.29 is 0 Å². The molecule has 19 heavy (non-hydrogen) atoms. The third kappa shape index (κ3) is 3.05. The van der Waals surface area contributed by atoms with Crippen molar-refractivity contribution in [3.8, 4) is 6.07 Å². The standard InChI is InChI=1S/C16H15N3/c1-11-12(2)19-16(13(3)18-11)8-7-14-5-4-6-15(9-14)10-17/h4-9H,1-3H3. The molecule has 0 bridgehead atoms. The van der Waals surface area contributed by atoms with E-state index in [0.29, 0.717) is 5.56 Å². The molecule has 0 aliphatic carbocycles. The van der Waals surface area contributed by atoms with Crippen LogP contribution in [-0.2, 0) is 0 Å². The van der Waals surface area contributed by atoms with Gasteiger partial charge in [-0.25, -0.2) is 4.98 Å². The molecule has 0 aliphatic heterocycles. The minimum Gasteiger partial charge on any atom is -0.254 e. The summed E-state index contributed by atoms with van der Waals surface area (Å²) in [6.45, 7) is 5.86. The van der Waals surface area contributed by atoms with Crippen molar-refractivity contribution in [3.05, 3.63) is 58.2 Å². The maximum absolute atomic E-state index is 8.86. The molecule has 0 spiro atoms. The Bertz CT molecular complexity index is 679. The molecule has 0 fully saturated rings. The molecule has 0 radical (unpaired) electrons. The van der Waals surface area contributed by atoms with Gasteiger partial charge >= 0.3 is 0 Å². The number of nitriles is 1. The van der Waals surface area contributed by atoms with Crippen molar-refractivity contribution in [3.63, 3.8) is 0 Å². The average Bonchev–Trinajstić information content (AvgIpc) is 2.41. The summed E-state index contributed by atoms with van der Waals surface area (Å²) in [7, 11) is 0. The lowest BCUT2D eigenvalue weighted by Gasteiger charge is -2.04. The van der Waals surface area contributed by atoms with Gasteiger partial charge in [0.1, 0.15) is 0 Å². The fourth-order valence-corrected chi connectivity index (χ4v) is 1.78. The van der Waals surface area contributed by atoms with E-state index in [4.69, 9.17) is 5.26 Å². The predicted molar refractivity (Wildman–Crippen MR) is 76.3 cm³/mol. The molecule has 0 N–H and O–H groups in total. The zero-order chi connectivity index (χ0) is 13.8. The monoisotopic (exact) mass is 249 g/mol. The lowest BCUT2D eigenvalue weighted by atomic mass is 10.1. The zero-order valence-corrected chi connectivity index (χ0v) is 11.3. The fourth-order valence-electron chi connectivity index (χ4n) is 1.78. The quantitative estimate of drug-likeness (QED) is 0.819. The molecule has 1 aromatic heterocycles. The van der Waals surface area contributed by atoms with Gasteiger partial charge in [0.25, 0.3) is 0 Å². The summed E-state index contributed by atoms with van der Waals surface area (Å²) >= 11 is 0. The maximum atomic E-state index is 8.86. The minimum absolute atomic E-state index is 0.657. The van der Waals surface area contributed by atoms with E-state index >= 15 is 0 Å². The Morgan fingerprint density at radius 2 is 1.74 bits per heavy atom. The molecule has 0 aliphatic rings. The Balaban J connectivity index is 2.33. The second-order valence-corrected chi connectivity index (χ2v) is 4.44. The van der Waals surface area contributed by atoms with Gasteiger partial charge in [0.15, 0.2) is 0 Å². The first-order valence-corrected chi connectivity index (χ1v) is 6.10. The molecule has 0 amide bonds. The van der Waals surface area contributed by atoms with Crippen LogP contribution in [0, 0.1) is 32.1 Å². The van der Waals surface area contributed by atoms with Gasteiger partial charge in [-0.15, -0.1) is 0 Å². The van der Waals surface area contributed by atoms with Crippen LogP contribution in [0.2, 0.25) is 0 Å².